The zero-order valence-electron chi connectivity index (χ0n) is 17.2. The van der Waals surface area contributed by atoms with Crippen molar-refractivity contribution in [3.05, 3.63) is 58.3 Å². The number of primary amides is 1. The number of amides is 2. The van der Waals surface area contributed by atoms with E-state index in [1.165, 1.54) is 21.9 Å². The fourth-order valence-corrected chi connectivity index (χ4v) is 4.45. The molecule has 2 aromatic rings. The summed E-state index contributed by atoms with van der Waals surface area (Å²) in [5, 5.41) is 5.22. The number of aryl methyl sites for hydroxylation is 1. The second-order valence-corrected chi connectivity index (χ2v) is 8.09. The van der Waals surface area contributed by atoms with Gasteiger partial charge in [0, 0.05) is 31.1 Å². The van der Waals surface area contributed by atoms with Gasteiger partial charge in [0.1, 0.15) is 11.4 Å². The van der Waals surface area contributed by atoms with Crippen molar-refractivity contribution in [1.82, 2.24) is 14.7 Å². The van der Waals surface area contributed by atoms with Gasteiger partial charge in [0.2, 0.25) is 5.91 Å². The van der Waals surface area contributed by atoms with Crippen molar-refractivity contribution in [3.63, 3.8) is 0 Å². The first-order valence-electron chi connectivity index (χ1n) is 10.1. The van der Waals surface area contributed by atoms with Crippen molar-refractivity contribution < 1.29 is 9.59 Å². The fraction of sp³-hybridized carbons (Fsp3) is 0.409. The summed E-state index contributed by atoms with van der Waals surface area (Å²) in [6.07, 6.45) is 6.24. The summed E-state index contributed by atoms with van der Waals surface area (Å²) >= 11 is 6.23. The van der Waals surface area contributed by atoms with Crippen LogP contribution in [0.1, 0.15) is 52.4 Å². The summed E-state index contributed by atoms with van der Waals surface area (Å²) < 4.78 is 1.52. The Balaban J connectivity index is 0.000000239. The molecule has 1 unspecified atom stereocenters. The van der Waals surface area contributed by atoms with E-state index >= 15 is 0 Å². The van der Waals surface area contributed by atoms with Gasteiger partial charge in [-0.25, -0.2) is 0 Å². The molecule has 0 bridgehead atoms. The van der Waals surface area contributed by atoms with Gasteiger partial charge in [-0.1, -0.05) is 30.3 Å². The van der Waals surface area contributed by atoms with E-state index < -0.39 is 5.91 Å². The van der Waals surface area contributed by atoms with Crippen molar-refractivity contribution in [2.24, 2.45) is 12.8 Å². The largest absolute Gasteiger partial charge is 0.383 e. The minimum atomic E-state index is -0.521. The van der Waals surface area contributed by atoms with Crippen molar-refractivity contribution in [2.75, 3.05) is 18.8 Å². The number of carbonyl (C=O) groups excluding carboxylic acids is 2. The fourth-order valence-electron chi connectivity index (χ4n) is 4.16. The summed E-state index contributed by atoms with van der Waals surface area (Å²) in [4.78, 5) is 24.3. The Morgan fingerprint density at radius 3 is 2.63 bits per heavy atom. The Labute approximate surface area is 181 Å². The minimum Gasteiger partial charge on any atom is -0.383 e. The highest BCUT2D eigenvalue weighted by Gasteiger charge is 2.29. The monoisotopic (exact) mass is 429 g/mol. The van der Waals surface area contributed by atoms with E-state index in [1.807, 2.05) is 17.0 Å². The molecule has 1 aromatic carbocycles. The molecule has 2 amide bonds. The lowest BCUT2D eigenvalue weighted by molar-refractivity contribution is -0.124. The Hall–Kier alpha value is -2.80. The Kier molecular flexibility index (Phi) is 6.82. The average Bonchev–Trinajstić information content (AvgIpc) is 3.37. The quantitative estimate of drug-likeness (QED) is 0.731. The molecule has 1 saturated heterocycles. The van der Waals surface area contributed by atoms with Gasteiger partial charge in [-0.05, 0) is 55.4 Å². The highest BCUT2D eigenvalue weighted by molar-refractivity contribution is 6.31. The molecule has 4 N–H and O–H groups in total. The maximum Gasteiger partial charge on any atom is 0.254 e. The number of hydrogen-bond donors (Lipinski definition) is 2. The van der Waals surface area contributed by atoms with E-state index in [9.17, 15) is 9.59 Å². The van der Waals surface area contributed by atoms with Crippen LogP contribution in [0.3, 0.4) is 0 Å². The lowest BCUT2D eigenvalue weighted by Crippen LogP contribution is -2.25. The third kappa shape index (κ3) is 4.51. The molecule has 7 nitrogen and oxygen atoms in total. The first-order valence-corrected chi connectivity index (χ1v) is 10.5. The van der Waals surface area contributed by atoms with Crippen LogP contribution in [0.4, 0.5) is 5.82 Å². The number of nitrogens with two attached hydrogens (primary N) is 2. The van der Waals surface area contributed by atoms with Gasteiger partial charge < -0.3 is 16.4 Å². The highest BCUT2D eigenvalue weighted by atomic mass is 35.5. The molecule has 2 heterocycles. The maximum absolute atomic E-state index is 11.7. The topological polar surface area (TPSA) is 107 Å². The molecule has 30 heavy (non-hydrogen) atoms. The number of benzene rings is 1. The molecule has 0 spiro atoms. The summed E-state index contributed by atoms with van der Waals surface area (Å²) in [6.45, 7) is 5.26. The van der Waals surface area contributed by atoms with Crippen LogP contribution in [0.15, 0.2) is 30.9 Å². The number of likely N-dealkylation sites (tertiary alicyclic amines) is 1. The standard InChI is InChI=1S/C15H17ClN4O.C7H11NO/c1-20-14(17)12(15(18)21)13(19-20)9-5-6-10-8(7-9)3-2-4-11(10)16;1-2-7(9)8-5-3-4-6-8/h2-4,9H,5-7,17H2,1H3,(H2,18,21);2H,1,3-6H2. The second-order valence-electron chi connectivity index (χ2n) is 7.69. The molecule has 2 aliphatic rings. The molecule has 1 atom stereocenters. The van der Waals surface area contributed by atoms with E-state index in [1.54, 1.807) is 7.05 Å². The molecule has 1 aliphatic heterocycles. The number of nitrogens with zero attached hydrogens (tertiary/aromatic N) is 3. The summed E-state index contributed by atoms with van der Waals surface area (Å²) in [7, 11) is 1.72. The normalized spacial score (nSPS) is 17.7. The number of aromatic nitrogens is 2. The second kappa shape index (κ2) is 9.34. The highest BCUT2D eigenvalue weighted by Crippen LogP contribution is 2.37. The van der Waals surface area contributed by atoms with Gasteiger partial charge in [-0.15, -0.1) is 0 Å². The molecule has 1 fully saturated rings. The molecule has 8 heteroatoms. The molecule has 0 radical (unpaired) electrons. The molecule has 4 rings (SSSR count). The van der Waals surface area contributed by atoms with Crippen LogP contribution in [-0.2, 0) is 24.7 Å². The van der Waals surface area contributed by atoms with Crippen LogP contribution < -0.4 is 11.5 Å². The van der Waals surface area contributed by atoms with Gasteiger partial charge >= 0.3 is 0 Å². The van der Waals surface area contributed by atoms with E-state index in [2.05, 4.69) is 17.7 Å². The number of fused-ring (bicyclic) bond motifs is 1. The summed E-state index contributed by atoms with van der Waals surface area (Å²) in [5.41, 5.74) is 14.8. The van der Waals surface area contributed by atoms with Gasteiger partial charge in [-0.3, -0.25) is 14.3 Å². The predicted octanol–water partition coefficient (Wildman–Crippen LogP) is 2.82. The third-order valence-corrected chi connectivity index (χ3v) is 6.12. The van der Waals surface area contributed by atoms with Gasteiger partial charge in [0.05, 0.1) is 5.69 Å². The Morgan fingerprint density at radius 1 is 1.30 bits per heavy atom. The van der Waals surface area contributed by atoms with Crippen LogP contribution in [0.5, 0.6) is 0 Å². The van der Waals surface area contributed by atoms with Crippen molar-refractivity contribution in [1.29, 1.82) is 0 Å². The molecule has 160 valence electrons. The Morgan fingerprint density at radius 2 is 2.00 bits per heavy atom. The Bertz CT molecular complexity index is 963. The van der Waals surface area contributed by atoms with Crippen LogP contribution in [0.25, 0.3) is 0 Å². The van der Waals surface area contributed by atoms with Crippen LogP contribution in [-0.4, -0.2) is 39.6 Å². The number of rotatable bonds is 3. The lowest BCUT2D eigenvalue weighted by atomic mass is 9.81. The number of hydrogen-bond acceptors (Lipinski definition) is 4. The van der Waals surface area contributed by atoms with E-state index in [0.29, 0.717) is 17.1 Å². The maximum atomic E-state index is 11.7. The smallest absolute Gasteiger partial charge is 0.254 e. The number of nitrogen functional groups attached to an aromatic ring is 1. The molecule has 0 saturated carbocycles. The minimum absolute atomic E-state index is 0.0764. The predicted molar refractivity (Wildman–Crippen MR) is 118 cm³/mol. The van der Waals surface area contributed by atoms with E-state index in [-0.39, 0.29) is 11.8 Å². The van der Waals surface area contributed by atoms with E-state index in [0.717, 1.165) is 50.2 Å². The van der Waals surface area contributed by atoms with Crippen LogP contribution in [0, 0.1) is 0 Å². The van der Waals surface area contributed by atoms with E-state index in [4.69, 9.17) is 23.1 Å². The third-order valence-electron chi connectivity index (χ3n) is 5.77. The van der Waals surface area contributed by atoms with Crippen molar-refractivity contribution in [2.45, 2.75) is 38.0 Å². The van der Waals surface area contributed by atoms with Gasteiger partial charge in [-0.2, -0.15) is 5.10 Å². The number of halogens is 1. The van der Waals surface area contributed by atoms with Gasteiger partial charge in [0.25, 0.3) is 5.91 Å². The van der Waals surface area contributed by atoms with Crippen LogP contribution >= 0.6 is 11.6 Å². The lowest BCUT2D eigenvalue weighted by Gasteiger charge is -2.24. The van der Waals surface area contributed by atoms with Crippen molar-refractivity contribution in [3.8, 4) is 0 Å². The number of carbonyl (C=O) groups is 2. The molecule has 1 aliphatic carbocycles. The van der Waals surface area contributed by atoms with Gasteiger partial charge in [0.15, 0.2) is 0 Å². The van der Waals surface area contributed by atoms with Crippen molar-refractivity contribution >= 4 is 29.2 Å². The van der Waals surface area contributed by atoms with Crippen LogP contribution in [0.2, 0.25) is 5.02 Å². The summed E-state index contributed by atoms with van der Waals surface area (Å²) in [6, 6.07) is 5.93. The molecular weight excluding hydrogens is 402 g/mol. The molecule has 1 aromatic heterocycles. The first kappa shape index (κ1) is 21.9. The zero-order chi connectivity index (χ0) is 21.8. The zero-order valence-corrected chi connectivity index (χ0v) is 18.0. The molecular formula is C22H28ClN5O2. The summed E-state index contributed by atoms with van der Waals surface area (Å²) in [5.74, 6) is 0.0244. The SMILES string of the molecule is C=CC(=O)N1CCCC1.Cn1nc(C2CCc3c(Cl)cccc3C2)c(C(N)=O)c1N. The first-order chi connectivity index (χ1) is 14.3. The number of anilines is 1. The average molecular weight is 430 g/mol.